The van der Waals surface area contributed by atoms with Gasteiger partial charge < -0.3 is 5.73 Å². The first-order valence-corrected chi connectivity index (χ1v) is 4.72. The van der Waals surface area contributed by atoms with Crippen LogP contribution >= 0.6 is 12.4 Å². The van der Waals surface area contributed by atoms with Gasteiger partial charge in [-0.2, -0.15) is 0 Å². The molecule has 1 aliphatic rings. The molecule has 0 amide bonds. The van der Waals surface area contributed by atoms with Crippen molar-refractivity contribution in [3.05, 3.63) is 35.9 Å². The zero-order valence-electron chi connectivity index (χ0n) is 7.95. The lowest BCUT2D eigenvalue weighted by Gasteiger charge is -2.06. The first-order valence-electron chi connectivity index (χ1n) is 4.72. The van der Waals surface area contributed by atoms with Crippen molar-refractivity contribution in [2.75, 3.05) is 6.54 Å². The Balaban J connectivity index is 0.000000980. The average molecular weight is 216 g/mol. The van der Waals surface area contributed by atoms with E-state index < -0.39 is 5.67 Å². The summed E-state index contributed by atoms with van der Waals surface area (Å²) in [5.41, 5.74) is 5.15. The molecule has 0 radical (unpaired) electrons. The van der Waals surface area contributed by atoms with Gasteiger partial charge in [-0.3, -0.25) is 0 Å². The Morgan fingerprint density at radius 1 is 1.36 bits per heavy atom. The molecule has 0 aliphatic heterocycles. The second-order valence-electron chi connectivity index (χ2n) is 3.71. The van der Waals surface area contributed by atoms with Gasteiger partial charge in [0.2, 0.25) is 0 Å². The Morgan fingerprint density at radius 3 is 2.57 bits per heavy atom. The first kappa shape index (κ1) is 11.5. The number of hydrogen-bond donors (Lipinski definition) is 1. The smallest absolute Gasteiger partial charge is 0.139 e. The summed E-state index contributed by atoms with van der Waals surface area (Å²) in [6.45, 7) is 0.586. The minimum Gasteiger partial charge on any atom is -0.330 e. The van der Waals surface area contributed by atoms with E-state index in [1.165, 1.54) is 0 Å². The summed E-state index contributed by atoms with van der Waals surface area (Å²) in [5.74, 6) is 0.153. The lowest BCUT2D eigenvalue weighted by molar-refractivity contribution is 0.283. The molecule has 1 saturated carbocycles. The first-order chi connectivity index (χ1) is 6.27. The highest BCUT2D eigenvalue weighted by Gasteiger charge is 2.55. The number of alkyl halides is 1. The van der Waals surface area contributed by atoms with Crippen LogP contribution < -0.4 is 5.73 Å². The molecule has 0 aromatic heterocycles. The molecule has 0 spiro atoms. The Kier molecular flexibility index (Phi) is 3.51. The van der Waals surface area contributed by atoms with Crippen molar-refractivity contribution >= 4 is 12.4 Å². The Morgan fingerprint density at radius 2 is 2.00 bits per heavy atom. The SMILES string of the molecule is Cl.NCCC1CC1(F)c1ccccc1. The number of benzene rings is 1. The summed E-state index contributed by atoms with van der Waals surface area (Å²) in [6.07, 6.45) is 1.44. The largest absolute Gasteiger partial charge is 0.330 e. The number of nitrogens with two attached hydrogens (primary N) is 1. The minimum absolute atomic E-state index is 0. The molecule has 0 bridgehead atoms. The lowest BCUT2D eigenvalue weighted by Crippen LogP contribution is -2.06. The Labute approximate surface area is 89.9 Å². The van der Waals surface area contributed by atoms with Crippen LogP contribution in [-0.2, 0) is 5.67 Å². The van der Waals surface area contributed by atoms with Gasteiger partial charge in [0.15, 0.2) is 0 Å². The molecule has 14 heavy (non-hydrogen) atoms. The molecule has 1 aromatic rings. The molecular weight excluding hydrogens is 201 g/mol. The van der Waals surface area contributed by atoms with Crippen LogP contribution in [0.25, 0.3) is 0 Å². The fourth-order valence-corrected chi connectivity index (χ4v) is 1.90. The molecule has 2 N–H and O–H groups in total. The standard InChI is InChI=1S/C11H14FN.ClH/c12-11(8-10(11)6-7-13)9-4-2-1-3-5-9;/h1-5,10H,6-8,13H2;1H. The van der Waals surface area contributed by atoms with Gasteiger partial charge in [0.1, 0.15) is 5.67 Å². The molecule has 2 unspecified atom stereocenters. The quantitative estimate of drug-likeness (QED) is 0.824. The fourth-order valence-electron chi connectivity index (χ4n) is 1.90. The van der Waals surface area contributed by atoms with Crippen LogP contribution in [0.1, 0.15) is 18.4 Å². The predicted octanol–water partition coefficient (Wildman–Crippen LogP) is 2.64. The number of halogens is 2. The van der Waals surface area contributed by atoms with E-state index in [4.69, 9.17) is 5.73 Å². The zero-order chi connectivity index (χ0) is 9.31. The maximum atomic E-state index is 14.0. The van der Waals surface area contributed by atoms with Crippen LogP contribution in [0.2, 0.25) is 0 Å². The predicted molar refractivity (Wildman–Crippen MR) is 58.3 cm³/mol. The topological polar surface area (TPSA) is 26.0 Å². The summed E-state index contributed by atoms with van der Waals surface area (Å²) < 4.78 is 14.0. The molecule has 1 aliphatic carbocycles. The highest BCUT2D eigenvalue weighted by molar-refractivity contribution is 5.85. The lowest BCUT2D eigenvalue weighted by atomic mass is 10.1. The monoisotopic (exact) mass is 215 g/mol. The molecule has 2 rings (SSSR count). The van der Waals surface area contributed by atoms with Gasteiger partial charge >= 0.3 is 0 Å². The van der Waals surface area contributed by atoms with E-state index in [2.05, 4.69) is 0 Å². The van der Waals surface area contributed by atoms with Crippen LogP contribution in [0.4, 0.5) is 4.39 Å². The van der Waals surface area contributed by atoms with Crippen molar-refractivity contribution in [2.45, 2.75) is 18.5 Å². The average Bonchev–Trinajstić information content (AvgIpc) is 2.81. The summed E-state index contributed by atoms with van der Waals surface area (Å²) >= 11 is 0. The van der Waals surface area contributed by atoms with Gasteiger partial charge in [-0.05, 0) is 24.9 Å². The van der Waals surface area contributed by atoms with Crippen LogP contribution in [-0.4, -0.2) is 6.54 Å². The van der Waals surface area contributed by atoms with E-state index in [1.807, 2.05) is 30.3 Å². The second kappa shape index (κ2) is 4.28. The van der Waals surface area contributed by atoms with Crippen molar-refractivity contribution in [3.63, 3.8) is 0 Å². The van der Waals surface area contributed by atoms with E-state index in [1.54, 1.807) is 0 Å². The summed E-state index contributed by atoms with van der Waals surface area (Å²) in [6, 6.07) is 9.39. The van der Waals surface area contributed by atoms with E-state index in [0.29, 0.717) is 13.0 Å². The minimum atomic E-state index is -1.07. The van der Waals surface area contributed by atoms with Crippen molar-refractivity contribution in [1.82, 2.24) is 0 Å². The third-order valence-electron chi connectivity index (χ3n) is 2.80. The molecule has 1 fully saturated rings. The molecule has 78 valence electrons. The molecular formula is C11H15ClFN. The normalized spacial score (nSPS) is 29.4. The molecule has 0 saturated heterocycles. The summed E-state index contributed by atoms with van der Waals surface area (Å²) in [4.78, 5) is 0. The van der Waals surface area contributed by atoms with E-state index >= 15 is 0 Å². The highest BCUT2D eigenvalue weighted by atomic mass is 35.5. The van der Waals surface area contributed by atoms with Gasteiger partial charge in [0.25, 0.3) is 0 Å². The van der Waals surface area contributed by atoms with Gasteiger partial charge in [-0.25, -0.2) is 4.39 Å². The van der Waals surface area contributed by atoms with E-state index in [9.17, 15) is 4.39 Å². The maximum absolute atomic E-state index is 14.0. The molecule has 3 heteroatoms. The van der Waals surface area contributed by atoms with Gasteiger partial charge in [-0.15, -0.1) is 12.4 Å². The second-order valence-corrected chi connectivity index (χ2v) is 3.71. The summed E-state index contributed by atoms with van der Waals surface area (Å²) in [5, 5.41) is 0. The number of rotatable bonds is 3. The maximum Gasteiger partial charge on any atom is 0.139 e. The highest BCUT2D eigenvalue weighted by Crippen LogP contribution is 2.56. The molecule has 1 nitrogen and oxygen atoms in total. The van der Waals surface area contributed by atoms with Crippen LogP contribution in [0, 0.1) is 5.92 Å². The van der Waals surface area contributed by atoms with Crippen molar-refractivity contribution in [3.8, 4) is 0 Å². The molecule has 2 atom stereocenters. The third kappa shape index (κ3) is 1.91. The fraction of sp³-hybridized carbons (Fsp3) is 0.455. The van der Waals surface area contributed by atoms with Crippen molar-refractivity contribution in [2.24, 2.45) is 11.7 Å². The summed E-state index contributed by atoms with van der Waals surface area (Å²) in [7, 11) is 0. The van der Waals surface area contributed by atoms with E-state index in [-0.39, 0.29) is 18.3 Å². The van der Waals surface area contributed by atoms with Crippen molar-refractivity contribution in [1.29, 1.82) is 0 Å². The van der Waals surface area contributed by atoms with Gasteiger partial charge in [-0.1, -0.05) is 30.3 Å². The van der Waals surface area contributed by atoms with Crippen molar-refractivity contribution < 1.29 is 4.39 Å². The Bertz CT molecular complexity index is 291. The van der Waals surface area contributed by atoms with Crippen LogP contribution in [0.15, 0.2) is 30.3 Å². The zero-order valence-corrected chi connectivity index (χ0v) is 8.77. The third-order valence-corrected chi connectivity index (χ3v) is 2.80. The van der Waals surface area contributed by atoms with Crippen LogP contribution in [0.3, 0.4) is 0 Å². The molecule has 0 heterocycles. The van der Waals surface area contributed by atoms with Crippen LogP contribution in [0.5, 0.6) is 0 Å². The van der Waals surface area contributed by atoms with Gasteiger partial charge in [0.05, 0.1) is 0 Å². The number of hydrogen-bond acceptors (Lipinski definition) is 1. The van der Waals surface area contributed by atoms with Gasteiger partial charge in [0, 0.05) is 5.92 Å². The Hall–Kier alpha value is -0.600. The van der Waals surface area contributed by atoms with E-state index in [0.717, 1.165) is 12.0 Å². The molecule has 1 aromatic carbocycles.